The monoisotopic (exact) mass is 252 g/mol. The highest BCUT2D eigenvalue weighted by Crippen LogP contribution is 2.44. The van der Waals surface area contributed by atoms with Crippen molar-refractivity contribution in [1.82, 2.24) is 0 Å². The maximum Gasteiger partial charge on any atom is 0.308 e. The Hall–Kier alpha value is -0.830. The van der Waals surface area contributed by atoms with Crippen LogP contribution in [0.5, 0.6) is 0 Å². The summed E-state index contributed by atoms with van der Waals surface area (Å²) in [5.74, 6) is 1.71. The molecule has 0 radical (unpaired) electrons. The fourth-order valence-electron chi connectivity index (χ4n) is 3.00. The molecule has 2 bridgehead atoms. The zero-order valence-corrected chi connectivity index (χ0v) is 11.4. The smallest absolute Gasteiger partial charge is 0.308 e. The Kier molecular flexibility index (Phi) is 4.81. The normalized spacial score (nSPS) is 30.7. The molecule has 18 heavy (non-hydrogen) atoms. The highest BCUT2D eigenvalue weighted by atomic mass is 16.7. The third-order valence-corrected chi connectivity index (χ3v) is 3.99. The van der Waals surface area contributed by atoms with Crippen molar-refractivity contribution in [3.05, 3.63) is 12.2 Å². The molecule has 4 unspecified atom stereocenters. The zero-order valence-electron chi connectivity index (χ0n) is 11.4. The molecule has 2 rings (SSSR count). The number of allylic oxidation sites excluding steroid dienone is 2. The van der Waals surface area contributed by atoms with Crippen molar-refractivity contribution in [3.63, 3.8) is 0 Å². The van der Waals surface area contributed by atoms with E-state index in [0.717, 1.165) is 19.3 Å². The standard InChI is InChI=1S/C15H24O3/c1-3-4-7-17-11(2)18-15(16)10-14-9-12-5-6-13(14)8-12/h5-6,11-14H,3-4,7-10H2,1-2H3. The average molecular weight is 252 g/mol. The lowest BCUT2D eigenvalue weighted by molar-refractivity contribution is -0.176. The van der Waals surface area contributed by atoms with Gasteiger partial charge in [0.2, 0.25) is 0 Å². The number of carbonyl (C=O) groups excluding carboxylic acids is 1. The van der Waals surface area contributed by atoms with Crippen molar-refractivity contribution in [2.75, 3.05) is 6.61 Å². The molecular weight excluding hydrogens is 228 g/mol. The first-order chi connectivity index (χ1) is 8.69. The van der Waals surface area contributed by atoms with Gasteiger partial charge in [0.15, 0.2) is 6.29 Å². The molecule has 1 saturated carbocycles. The summed E-state index contributed by atoms with van der Waals surface area (Å²) in [4.78, 5) is 11.8. The van der Waals surface area contributed by atoms with Crippen LogP contribution in [0.4, 0.5) is 0 Å². The van der Waals surface area contributed by atoms with Crippen molar-refractivity contribution < 1.29 is 14.3 Å². The van der Waals surface area contributed by atoms with Gasteiger partial charge >= 0.3 is 5.97 Å². The first kappa shape index (κ1) is 13.6. The summed E-state index contributed by atoms with van der Waals surface area (Å²) in [6.07, 6.45) is 9.21. The van der Waals surface area contributed by atoms with E-state index in [1.165, 1.54) is 6.42 Å². The molecule has 0 amide bonds. The number of hydrogen-bond donors (Lipinski definition) is 0. The van der Waals surface area contributed by atoms with Gasteiger partial charge in [-0.05, 0) is 43.9 Å². The summed E-state index contributed by atoms with van der Waals surface area (Å²) in [5, 5.41) is 0. The average Bonchev–Trinajstić information content (AvgIpc) is 2.91. The van der Waals surface area contributed by atoms with E-state index in [2.05, 4.69) is 19.1 Å². The SMILES string of the molecule is CCCCOC(C)OC(=O)CC1CC2C=CC1C2. The predicted molar refractivity (Wildman–Crippen MR) is 69.9 cm³/mol. The molecule has 2 aliphatic rings. The molecule has 0 aromatic carbocycles. The number of carbonyl (C=O) groups is 1. The van der Waals surface area contributed by atoms with E-state index in [4.69, 9.17) is 9.47 Å². The second kappa shape index (κ2) is 6.37. The molecule has 0 aromatic heterocycles. The van der Waals surface area contributed by atoms with Crippen LogP contribution >= 0.6 is 0 Å². The molecule has 0 aromatic rings. The van der Waals surface area contributed by atoms with Crippen LogP contribution in [0, 0.1) is 17.8 Å². The van der Waals surface area contributed by atoms with Gasteiger partial charge in [-0.1, -0.05) is 25.5 Å². The van der Waals surface area contributed by atoms with Crippen molar-refractivity contribution in [2.45, 2.75) is 52.2 Å². The minimum atomic E-state index is -0.404. The summed E-state index contributed by atoms with van der Waals surface area (Å²) < 4.78 is 10.7. The van der Waals surface area contributed by atoms with Crippen LogP contribution in [0.15, 0.2) is 12.2 Å². The van der Waals surface area contributed by atoms with Crippen LogP contribution in [0.1, 0.15) is 46.0 Å². The Balaban J connectivity index is 1.64. The molecule has 4 atom stereocenters. The Morgan fingerprint density at radius 2 is 2.22 bits per heavy atom. The lowest BCUT2D eigenvalue weighted by atomic mass is 9.91. The Labute approximate surface area is 110 Å². The van der Waals surface area contributed by atoms with Crippen molar-refractivity contribution >= 4 is 5.97 Å². The van der Waals surface area contributed by atoms with Gasteiger partial charge in [0.25, 0.3) is 0 Å². The highest BCUT2D eigenvalue weighted by molar-refractivity contribution is 5.70. The van der Waals surface area contributed by atoms with E-state index in [0.29, 0.717) is 30.8 Å². The van der Waals surface area contributed by atoms with E-state index >= 15 is 0 Å². The summed E-state index contributed by atoms with van der Waals surface area (Å²) in [7, 11) is 0. The molecular formula is C15H24O3. The van der Waals surface area contributed by atoms with Gasteiger partial charge in [-0.3, -0.25) is 4.79 Å². The molecule has 3 nitrogen and oxygen atoms in total. The van der Waals surface area contributed by atoms with Gasteiger partial charge in [-0.15, -0.1) is 0 Å². The van der Waals surface area contributed by atoms with Gasteiger partial charge < -0.3 is 9.47 Å². The van der Waals surface area contributed by atoms with Crippen LogP contribution in [0.2, 0.25) is 0 Å². The number of hydrogen-bond acceptors (Lipinski definition) is 3. The maximum atomic E-state index is 11.8. The molecule has 2 aliphatic carbocycles. The first-order valence-electron chi connectivity index (χ1n) is 7.18. The minimum absolute atomic E-state index is 0.107. The molecule has 3 heteroatoms. The lowest BCUT2D eigenvalue weighted by Crippen LogP contribution is -2.22. The molecule has 0 spiro atoms. The number of rotatable bonds is 7. The van der Waals surface area contributed by atoms with Crippen LogP contribution in [0.3, 0.4) is 0 Å². The topological polar surface area (TPSA) is 35.5 Å². The summed E-state index contributed by atoms with van der Waals surface area (Å²) in [5.41, 5.74) is 0. The van der Waals surface area contributed by atoms with E-state index in [1.807, 2.05) is 0 Å². The van der Waals surface area contributed by atoms with Gasteiger partial charge in [-0.25, -0.2) is 0 Å². The predicted octanol–water partition coefficient (Wildman–Crippen LogP) is 3.29. The molecule has 0 saturated heterocycles. The maximum absolute atomic E-state index is 11.8. The van der Waals surface area contributed by atoms with Crippen LogP contribution in [0.25, 0.3) is 0 Å². The zero-order chi connectivity index (χ0) is 13.0. The number of fused-ring (bicyclic) bond motifs is 2. The van der Waals surface area contributed by atoms with E-state index < -0.39 is 6.29 Å². The lowest BCUT2D eigenvalue weighted by Gasteiger charge is -2.19. The Morgan fingerprint density at radius 1 is 1.39 bits per heavy atom. The second-order valence-corrected chi connectivity index (χ2v) is 5.53. The van der Waals surface area contributed by atoms with Crippen LogP contribution in [-0.4, -0.2) is 18.9 Å². The number of unbranched alkanes of at least 4 members (excludes halogenated alkanes) is 1. The number of esters is 1. The van der Waals surface area contributed by atoms with Crippen molar-refractivity contribution in [1.29, 1.82) is 0 Å². The second-order valence-electron chi connectivity index (χ2n) is 5.53. The van der Waals surface area contributed by atoms with Crippen molar-refractivity contribution in [3.8, 4) is 0 Å². The van der Waals surface area contributed by atoms with E-state index in [1.54, 1.807) is 6.92 Å². The third-order valence-electron chi connectivity index (χ3n) is 3.99. The molecule has 102 valence electrons. The van der Waals surface area contributed by atoms with Gasteiger partial charge in [0.1, 0.15) is 0 Å². The van der Waals surface area contributed by atoms with E-state index in [9.17, 15) is 4.79 Å². The van der Waals surface area contributed by atoms with Crippen LogP contribution in [-0.2, 0) is 14.3 Å². The van der Waals surface area contributed by atoms with Crippen molar-refractivity contribution in [2.24, 2.45) is 17.8 Å². The highest BCUT2D eigenvalue weighted by Gasteiger charge is 2.37. The van der Waals surface area contributed by atoms with E-state index in [-0.39, 0.29) is 5.97 Å². The molecule has 1 fully saturated rings. The summed E-state index contributed by atoms with van der Waals surface area (Å²) >= 11 is 0. The Bertz CT molecular complexity index is 311. The number of ether oxygens (including phenoxy) is 2. The van der Waals surface area contributed by atoms with Crippen LogP contribution < -0.4 is 0 Å². The first-order valence-corrected chi connectivity index (χ1v) is 7.18. The quantitative estimate of drug-likeness (QED) is 0.302. The molecule has 0 N–H and O–H groups in total. The fraction of sp³-hybridized carbons (Fsp3) is 0.800. The molecule has 0 aliphatic heterocycles. The van der Waals surface area contributed by atoms with Gasteiger partial charge in [0.05, 0.1) is 6.61 Å². The summed E-state index contributed by atoms with van der Waals surface area (Å²) in [6.45, 7) is 4.58. The largest absolute Gasteiger partial charge is 0.436 e. The minimum Gasteiger partial charge on any atom is -0.436 e. The van der Waals surface area contributed by atoms with Gasteiger partial charge in [-0.2, -0.15) is 0 Å². The molecule has 0 heterocycles. The fourth-order valence-corrected chi connectivity index (χ4v) is 3.00. The Morgan fingerprint density at radius 3 is 2.83 bits per heavy atom. The third kappa shape index (κ3) is 3.58. The summed E-state index contributed by atoms with van der Waals surface area (Å²) in [6, 6.07) is 0. The van der Waals surface area contributed by atoms with Gasteiger partial charge in [0, 0.05) is 6.42 Å².